The van der Waals surface area contributed by atoms with Crippen molar-refractivity contribution in [3.05, 3.63) is 41.7 Å². The first kappa shape index (κ1) is 15.3. The van der Waals surface area contributed by atoms with Gasteiger partial charge in [-0.3, -0.25) is 0 Å². The second-order valence-electron chi connectivity index (χ2n) is 5.89. The van der Waals surface area contributed by atoms with Gasteiger partial charge in [-0.05, 0) is 23.1 Å². The number of aromatic nitrogens is 2. The van der Waals surface area contributed by atoms with Crippen molar-refractivity contribution in [1.82, 2.24) is 9.97 Å². The minimum Gasteiger partial charge on any atom is -0.439 e. The Kier molecular flexibility index (Phi) is 4.43. The summed E-state index contributed by atoms with van der Waals surface area (Å²) in [5, 5.41) is 0. The second kappa shape index (κ2) is 6.10. The van der Waals surface area contributed by atoms with Crippen molar-refractivity contribution in [3.8, 4) is 11.6 Å². The van der Waals surface area contributed by atoms with Gasteiger partial charge in [0.1, 0.15) is 17.4 Å². The molecule has 0 aliphatic rings. The molecule has 0 radical (unpaired) electrons. The van der Waals surface area contributed by atoms with Gasteiger partial charge in [0.2, 0.25) is 5.88 Å². The highest BCUT2D eigenvalue weighted by atomic mass is 16.5. The van der Waals surface area contributed by atoms with Gasteiger partial charge in [0.15, 0.2) is 0 Å². The van der Waals surface area contributed by atoms with Crippen LogP contribution in [0.3, 0.4) is 0 Å². The number of nitrogens with two attached hydrogens (primary N) is 1. The average molecular weight is 286 g/mol. The van der Waals surface area contributed by atoms with E-state index in [4.69, 9.17) is 10.6 Å². The summed E-state index contributed by atoms with van der Waals surface area (Å²) in [4.78, 5) is 8.60. The zero-order valence-electron chi connectivity index (χ0n) is 13.0. The summed E-state index contributed by atoms with van der Waals surface area (Å²) in [5.41, 5.74) is 3.82. The number of nitrogens with one attached hydrogen (secondary N) is 1. The smallest absolute Gasteiger partial charge is 0.224 e. The molecule has 0 bridgehead atoms. The zero-order valence-corrected chi connectivity index (χ0v) is 13.0. The Hall–Kier alpha value is -2.14. The van der Waals surface area contributed by atoms with Crippen LogP contribution in [0.5, 0.6) is 11.6 Å². The molecule has 2 aromatic rings. The van der Waals surface area contributed by atoms with Gasteiger partial charge in [0.05, 0.1) is 0 Å². The molecule has 0 unspecified atom stereocenters. The average Bonchev–Trinajstić information content (AvgIpc) is 2.46. The first-order chi connectivity index (χ1) is 9.92. The van der Waals surface area contributed by atoms with Crippen LogP contribution in [-0.2, 0) is 11.8 Å². The molecule has 1 aromatic heterocycles. The summed E-state index contributed by atoms with van der Waals surface area (Å²) in [6.45, 7) is 8.49. The van der Waals surface area contributed by atoms with Crippen molar-refractivity contribution in [1.29, 1.82) is 0 Å². The predicted molar refractivity (Wildman–Crippen MR) is 84.4 cm³/mol. The van der Waals surface area contributed by atoms with Gasteiger partial charge in [-0.2, -0.15) is 4.98 Å². The Balaban J connectivity index is 2.30. The summed E-state index contributed by atoms with van der Waals surface area (Å²) in [7, 11) is 0. The number of nitrogens with zero attached hydrogens (tertiary/aromatic N) is 2. The standard InChI is InChI=1S/C16H22N4O/c1-5-13-18-14(20-17)10-15(19-13)21-12-8-6-7-11(9-12)16(2,3)4/h6-10H,5,17H2,1-4H3,(H,18,19,20). The maximum absolute atomic E-state index is 5.85. The van der Waals surface area contributed by atoms with Crippen molar-refractivity contribution < 1.29 is 4.74 Å². The summed E-state index contributed by atoms with van der Waals surface area (Å²) in [6, 6.07) is 9.71. The molecule has 0 saturated heterocycles. The molecule has 0 saturated carbocycles. The molecule has 21 heavy (non-hydrogen) atoms. The van der Waals surface area contributed by atoms with Gasteiger partial charge in [0, 0.05) is 12.5 Å². The van der Waals surface area contributed by atoms with Gasteiger partial charge in [-0.25, -0.2) is 10.8 Å². The molecule has 112 valence electrons. The second-order valence-corrected chi connectivity index (χ2v) is 5.89. The number of hydrogen-bond acceptors (Lipinski definition) is 5. The third kappa shape index (κ3) is 3.92. The van der Waals surface area contributed by atoms with Crippen LogP contribution in [0.2, 0.25) is 0 Å². The van der Waals surface area contributed by atoms with E-state index in [0.29, 0.717) is 23.9 Å². The normalized spacial score (nSPS) is 11.3. The third-order valence-corrected chi connectivity index (χ3v) is 3.14. The van der Waals surface area contributed by atoms with Crippen LogP contribution in [-0.4, -0.2) is 9.97 Å². The van der Waals surface area contributed by atoms with Gasteiger partial charge in [-0.15, -0.1) is 0 Å². The molecule has 0 atom stereocenters. The molecular formula is C16H22N4O. The molecule has 3 N–H and O–H groups in total. The van der Waals surface area contributed by atoms with Crippen LogP contribution >= 0.6 is 0 Å². The Morgan fingerprint density at radius 2 is 1.95 bits per heavy atom. The molecule has 2 rings (SSSR count). The van der Waals surface area contributed by atoms with E-state index in [1.165, 1.54) is 5.56 Å². The monoisotopic (exact) mass is 286 g/mol. The van der Waals surface area contributed by atoms with Gasteiger partial charge >= 0.3 is 0 Å². The van der Waals surface area contributed by atoms with Crippen molar-refractivity contribution in [2.24, 2.45) is 5.84 Å². The topological polar surface area (TPSA) is 73.1 Å². The maximum Gasteiger partial charge on any atom is 0.224 e. The lowest BCUT2D eigenvalue weighted by molar-refractivity contribution is 0.456. The zero-order chi connectivity index (χ0) is 15.5. The highest BCUT2D eigenvalue weighted by Crippen LogP contribution is 2.28. The first-order valence-corrected chi connectivity index (χ1v) is 7.05. The molecule has 1 heterocycles. The number of anilines is 1. The van der Waals surface area contributed by atoms with Crippen LogP contribution in [0.15, 0.2) is 30.3 Å². The molecule has 0 fully saturated rings. The molecule has 1 aromatic carbocycles. The van der Waals surface area contributed by atoms with Gasteiger partial charge < -0.3 is 10.2 Å². The summed E-state index contributed by atoms with van der Waals surface area (Å²) in [5.74, 6) is 7.90. The predicted octanol–water partition coefficient (Wildman–Crippen LogP) is 3.41. The van der Waals surface area contributed by atoms with E-state index in [9.17, 15) is 0 Å². The Labute approximate surface area is 125 Å². The Bertz CT molecular complexity index is 598. The van der Waals surface area contributed by atoms with Crippen molar-refractivity contribution >= 4 is 5.82 Å². The number of ether oxygens (including phenoxy) is 1. The molecule has 0 amide bonds. The summed E-state index contributed by atoms with van der Waals surface area (Å²) < 4.78 is 5.85. The molecule has 0 spiro atoms. The van der Waals surface area contributed by atoms with Crippen LogP contribution in [0.4, 0.5) is 5.82 Å². The lowest BCUT2D eigenvalue weighted by Crippen LogP contribution is -2.11. The van der Waals surface area contributed by atoms with Crippen molar-refractivity contribution in [2.45, 2.75) is 39.5 Å². The summed E-state index contributed by atoms with van der Waals surface area (Å²) in [6.07, 6.45) is 0.716. The summed E-state index contributed by atoms with van der Waals surface area (Å²) >= 11 is 0. The van der Waals surface area contributed by atoms with Crippen molar-refractivity contribution in [2.75, 3.05) is 5.43 Å². The van der Waals surface area contributed by atoms with Gasteiger partial charge in [-0.1, -0.05) is 39.8 Å². The Morgan fingerprint density at radius 3 is 2.57 bits per heavy atom. The number of benzene rings is 1. The first-order valence-electron chi connectivity index (χ1n) is 7.05. The SMILES string of the molecule is CCc1nc(NN)cc(Oc2cccc(C(C)(C)C)c2)n1. The van der Waals surface area contributed by atoms with E-state index in [1.807, 2.05) is 25.1 Å². The van der Waals surface area contributed by atoms with Crippen LogP contribution in [0.25, 0.3) is 0 Å². The molecule has 5 nitrogen and oxygen atoms in total. The van der Waals surface area contributed by atoms with Gasteiger partial charge in [0.25, 0.3) is 0 Å². The number of hydrogen-bond donors (Lipinski definition) is 2. The van der Waals surface area contributed by atoms with E-state index in [0.717, 1.165) is 5.75 Å². The van der Waals surface area contributed by atoms with E-state index < -0.39 is 0 Å². The van der Waals surface area contributed by atoms with E-state index in [1.54, 1.807) is 6.07 Å². The molecular weight excluding hydrogens is 264 g/mol. The van der Waals surface area contributed by atoms with Crippen LogP contribution in [0, 0.1) is 0 Å². The minimum absolute atomic E-state index is 0.0730. The fraction of sp³-hybridized carbons (Fsp3) is 0.375. The maximum atomic E-state index is 5.85. The van der Waals surface area contributed by atoms with Crippen LogP contribution < -0.4 is 16.0 Å². The quantitative estimate of drug-likeness (QED) is 0.665. The highest BCUT2D eigenvalue weighted by molar-refractivity contribution is 5.40. The number of nitrogen functional groups attached to an aromatic ring is 1. The Morgan fingerprint density at radius 1 is 1.19 bits per heavy atom. The van der Waals surface area contributed by atoms with E-state index in [2.05, 4.69) is 42.2 Å². The van der Waals surface area contributed by atoms with E-state index in [-0.39, 0.29) is 5.41 Å². The fourth-order valence-electron chi connectivity index (χ4n) is 1.90. The largest absolute Gasteiger partial charge is 0.439 e. The number of aryl methyl sites for hydroxylation is 1. The molecule has 5 heteroatoms. The van der Waals surface area contributed by atoms with Crippen LogP contribution in [0.1, 0.15) is 39.1 Å². The molecule has 0 aliphatic heterocycles. The highest BCUT2D eigenvalue weighted by Gasteiger charge is 2.14. The van der Waals surface area contributed by atoms with Crippen molar-refractivity contribution in [3.63, 3.8) is 0 Å². The van der Waals surface area contributed by atoms with E-state index >= 15 is 0 Å². The third-order valence-electron chi connectivity index (χ3n) is 3.14. The lowest BCUT2D eigenvalue weighted by Gasteiger charge is -2.19. The fourth-order valence-corrected chi connectivity index (χ4v) is 1.90. The molecule has 0 aliphatic carbocycles. The lowest BCUT2D eigenvalue weighted by atomic mass is 9.87. The number of rotatable bonds is 4. The minimum atomic E-state index is 0.0730. The number of hydrazine groups is 1.